The van der Waals surface area contributed by atoms with Crippen molar-refractivity contribution in [2.45, 2.75) is 29.9 Å². The normalized spacial score (nSPS) is 21.2. The Labute approximate surface area is 165 Å². The Hall–Kier alpha value is -2.54. The van der Waals surface area contributed by atoms with Crippen LogP contribution < -0.4 is 0 Å². The van der Waals surface area contributed by atoms with Gasteiger partial charge in [-0.1, -0.05) is 54.6 Å². The molecule has 1 aliphatic heterocycles. The van der Waals surface area contributed by atoms with E-state index < -0.39 is 22.2 Å². The number of fused-ring (bicyclic) bond motifs is 1. The second-order valence-electron chi connectivity index (χ2n) is 6.93. The predicted octanol–water partition coefficient (Wildman–Crippen LogP) is 2.97. The van der Waals surface area contributed by atoms with Gasteiger partial charge in [-0.05, 0) is 30.2 Å². The largest absolute Gasteiger partial charge is 0.387 e. The van der Waals surface area contributed by atoms with Crippen molar-refractivity contribution < 1.29 is 13.5 Å². The lowest BCUT2D eigenvalue weighted by Gasteiger charge is -2.39. The Bertz CT molecular complexity index is 1040. The summed E-state index contributed by atoms with van der Waals surface area (Å²) in [6.45, 7) is 0.301. The van der Waals surface area contributed by atoms with E-state index in [4.69, 9.17) is 0 Å². The molecule has 0 saturated carbocycles. The van der Waals surface area contributed by atoms with Gasteiger partial charge < -0.3 is 5.11 Å². The molecule has 5 nitrogen and oxygen atoms in total. The molecule has 3 aromatic rings. The summed E-state index contributed by atoms with van der Waals surface area (Å²) < 4.78 is 28.2. The molecular formula is C22H22N2O3S. The van der Waals surface area contributed by atoms with Crippen LogP contribution in [0.3, 0.4) is 0 Å². The number of pyridine rings is 1. The van der Waals surface area contributed by atoms with Crippen molar-refractivity contribution >= 4 is 10.0 Å². The Balaban J connectivity index is 1.71. The van der Waals surface area contributed by atoms with Crippen molar-refractivity contribution in [2.24, 2.45) is 0 Å². The van der Waals surface area contributed by atoms with Crippen LogP contribution in [0.15, 0.2) is 83.9 Å². The Morgan fingerprint density at radius 3 is 2.39 bits per heavy atom. The van der Waals surface area contributed by atoms with E-state index in [0.717, 1.165) is 11.3 Å². The summed E-state index contributed by atoms with van der Waals surface area (Å²) in [5, 5.41) is 11.0. The van der Waals surface area contributed by atoms with Crippen LogP contribution in [-0.4, -0.2) is 35.4 Å². The zero-order valence-electron chi connectivity index (χ0n) is 15.3. The molecule has 144 valence electrons. The first kappa shape index (κ1) is 18.8. The van der Waals surface area contributed by atoms with Gasteiger partial charge in [0.1, 0.15) is 0 Å². The first-order valence-electron chi connectivity index (χ1n) is 9.30. The van der Waals surface area contributed by atoms with E-state index in [1.165, 1.54) is 4.31 Å². The SMILES string of the molecule is O=S1(=O)c2ccccc2[C@H](O)[C@@H](Cc2ccccn2)N1CCc1ccccc1. The van der Waals surface area contributed by atoms with E-state index in [2.05, 4.69) is 4.98 Å². The zero-order chi connectivity index (χ0) is 19.6. The molecule has 0 saturated heterocycles. The molecule has 2 aromatic carbocycles. The van der Waals surface area contributed by atoms with Gasteiger partial charge in [-0.15, -0.1) is 0 Å². The van der Waals surface area contributed by atoms with Gasteiger partial charge in [0.05, 0.1) is 17.0 Å². The predicted molar refractivity (Wildman–Crippen MR) is 107 cm³/mol. The summed E-state index contributed by atoms with van der Waals surface area (Å²) in [4.78, 5) is 4.52. The third-order valence-corrected chi connectivity index (χ3v) is 7.17. The van der Waals surface area contributed by atoms with Crippen LogP contribution in [0.4, 0.5) is 0 Å². The molecule has 0 amide bonds. The molecule has 0 bridgehead atoms. The van der Waals surface area contributed by atoms with Crippen LogP contribution in [0.1, 0.15) is 22.9 Å². The fourth-order valence-corrected chi connectivity index (χ4v) is 5.61. The molecule has 0 aliphatic carbocycles. The van der Waals surface area contributed by atoms with E-state index >= 15 is 0 Å². The Morgan fingerprint density at radius 1 is 0.929 bits per heavy atom. The monoisotopic (exact) mass is 394 g/mol. The van der Waals surface area contributed by atoms with Crippen LogP contribution in [-0.2, 0) is 22.9 Å². The van der Waals surface area contributed by atoms with Gasteiger partial charge in [-0.2, -0.15) is 4.31 Å². The number of hydrogen-bond donors (Lipinski definition) is 1. The first-order chi connectivity index (χ1) is 13.6. The van der Waals surface area contributed by atoms with E-state index in [1.54, 1.807) is 30.5 Å². The molecule has 1 aromatic heterocycles. The Kier molecular flexibility index (Phi) is 5.26. The van der Waals surface area contributed by atoms with Gasteiger partial charge in [0.25, 0.3) is 0 Å². The molecule has 1 N–H and O–H groups in total. The highest BCUT2D eigenvalue weighted by Gasteiger charge is 2.43. The lowest BCUT2D eigenvalue weighted by molar-refractivity contribution is 0.0795. The standard InChI is InChI=1S/C22H22N2O3S/c25-22-19-11-4-5-12-21(19)28(26,27)24(15-13-17-8-2-1-3-9-17)20(22)16-18-10-6-7-14-23-18/h1-12,14,20,22,25H,13,15-16H2/t20-,22+/m1/s1. The first-order valence-corrected chi connectivity index (χ1v) is 10.7. The van der Waals surface area contributed by atoms with Crippen molar-refractivity contribution in [3.8, 4) is 0 Å². The quantitative estimate of drug-likeness (QED) is 0.722. The van der Waals surface area contributed by atoms with Crippen LogP contribution >= 0.6 is 0 Å². The molecule has 6 heteroatoms. The number of hydrogen-bond acceptors (Lipinski definition) is 4. The topological polar surface area (TPSA) is 70.5 Å². The minimum atomic E-state index is -3.71. The number of aromatic nitrogens is 1. The molecule has 0 spiro atoms. The van der Waals surface area contributed by atoms with Gasteiger partial charge in [-0.25, -0.2) is 8.42 Å². The van der Waals surface area contributed by atoms with E-state index in [9.17, 15) is 13.5 Å². The molecule has 1 aliphatic rings. The van der Waals surface area contributed by atoms with Crippen molar-refractivity contribution in [1.82, 2.24) is 9.29 Å². The Morgan fingerprint density at radius 2 is 1.64 bits per heavy atom. The molecule has 0 fully saturated rings. The van der Waals surface area contributed by atoms with Crippen LogP contribution in [0.25, 0.3) is 0 Å². The number of sulfonamides is 1. The second-order valence-corrected chi connectivity index (χ2v) is 8.79. The molecule has 4 rings (SSSR count). The highest BCUT2D eigenvalue weighted by Crippen LogP contribution is 2.37. The number of rotatable bonds is 5. The maximum Gasteiger partial charge on any atom is 0.243 e. The summed E-state index contributed by atoms with van der Waals surface area (Å²) >= 11 is 0. The van der Waals surface area contributed by atoms with Crippen molar-refractivity contribution in [3.05, 3.63) is 95.8 Å². The molecule has 0 radical (unpaired) electrons. The van der Waals surface area contributed by atoms with E-state index in [1.807, 2.05) is 48.5 Å². The zero-order valence-corrected chi connectivity index (χ0v) is 16.2. The van der Waals surface area contributed by atoms with Gasteiger partial charge in [-0.3, -0.25) is 4.98 Å². The second kappa shape index (κ2) is 7.83. The molecular weight excluding hydrogens is 372 g/mol. The highest BCUT2D eigenvalue weighted by molar-refractivity contribution is 7.89. The summed E-state index contributed by atoms with van der Waals surface area (Å²) in [5.41, 5.74) is 2.27. The van der Waals surface area contributed by atoms with E-state index in [0.29, 0.717) is 24.9 Å². The van der Waals surface area contributed by atoms with Crippen LogP contribution in [0, 0.1) is 0 Å². The number of aliphatic hydroxyl groups is 1. The van der Waals surface area contributed by atoms with Gasteiger partial charge in [0.2, 0.25) is 10.0 Å². The van der Waals surface area contributed by atoms with E-state index in [-0.39, 0.29) is 4.90 Å². The average Bonchev–Trinajstić information content (AvgIpc) is 2.73. The third-order valence-electron chi connectivity index (χ3n) is 5.17. The van der Waals surface area contributed by atoms with Gasteiger partial charge >= 0.3 is 0 Å². The number of aliphatic hydroxyl groups excluding tert-OH is 1. The highest BCUT2D eigenvalue weighted by atomic mass is 32.2. The van der Waals surface area contributed by atoms with Crippen LogP contribution in [0.2, 0.25) is 0 Å². The lowest BCUT2D eigenvalue weighted by Crippen LogP contribution is -2.49. The molecule has 2 heterocycles. The molecule has 28 heavy (non-hydrogen) atoms. The van der Waals surface area contributed by atoms with Crippen molar-refractivity contribution in [2.75, 3.05) is 6.54 Å². The van der Waals surface area contributed by atoms with Gasteiger partial charge in [0, 0.05) is 30.4 Å². The minimum Gasteiger partial charge on any atom is -0.387 e. The summed E-state index contributed by atoms with van der Waals surface area (Å²) in [6.07, 6.45) is 1.71. The molecule has 0 unspecified atom stereocenters. The van der Waals surface area contributed by atoms with Crippen LogP contribution in [0.5, 0.6) is 0 Å². The lowest BCUT2D eigenvalue weighted by atomic mass is 9.97. The third kappa shape index (κ3) is 3.58. The summed E-state index contributed by atoms with van der Waals surface area (Å²) in [6, 6.07) is 21.4. The minimum absolute atomic E-state index is 0.188. The van der Waals surface area contributed by atoms with Crippen molar-refractivity contribution in [1.29, 1.82) is 0 Å². The molecule has 2 atom stereocenters. The maximum atomic E-state index is 13.4. The van der Waals surface area contributed by atoms with Crippen molar-refractivity contribution in [3.63, 3.8) is 0 Å². The fraction of sp³-hybridized carbons (Fsp3) is 0.227. The smallest absolute Gasteiger partial charge is 0.243 e. The fourth-order valence-electron chi connectivity index (χ4n) is 3.75. The summed E-state index contributed by atoms with van der Waals surface area (Å²) in [7, 11) is -3.71. The van der Waals surface area contributed by atoms with Gasteiger partial charge in [0.15, 0.2) is 0 Å². The average molecular weight is 394 g/mol. The number of nitrogens with zero attached hydrogens (tertiary/aromatic N) is 2. The maximum absolute atomic E-state index is 13.4. The number of benzene rings is 2. The summed E-state index contributed by atoms with van der Waals surface area (Å²) in [5.74, 6) is 0.